The van der Waals surface area contributed by atoms with Gasteiger partial charge in [-0.05, 0) is 30.9 Å². The van der Waals surface area contributed by atoms with Crippen LogP contribution in [0, 0.1) is 5.92 Å². The normalized spacial score (nSPS) is 23.6. The first-order chi connectivity index (χ1) is 8.56. The van der Waals surface area contributed by atoms with Crippen molar-refractivity contribution < 1.29 is 15.0 Å². The molecule has 1 aromatic carbocycles. The maximum atomic E-state index is 12.0. The second kappa shape index (κ2) is 5.29. The zero-order valence-corrected chi connectivity index (χ0v) is 10.5. The number of amides is 1. The summed E-state index contributed by atoms with van der Waals surface area (Å²) < 4.78 is 0. The second-order valence-electron chi connectivity index (χ2n) is 5.08. The minimum Gasteiger partial charge on any atom is -0.508 e. The Labute approximate surface area is 107 Å². The molecule has 0 spiro atoms. The van der Waals surface area contributed by atoms with E-state index in [4.69, 9.17) is 0 Å². The molecule has 4 nitrogen and oxygen atoms in total. The summed E-state index contributed by atoms with van der Waals surface area (Å²) in [6.07, 6.45) is 4.50. The van der Waals surface area contributed by atoms with Gasteiger partial charge in [0.15, 0.2) is 0 Å². The Balaban J connectivity index is 2.06. The number of rotatable bonds is 2. The average molecular weight is 249 g/mol. The van der Waals surface area contributed by atoms with Crippen LogP contribution in [0.1, 0.15) is 43.0 Å². The highest BCUT2D eigenvalue weighted by Crippen LogP contribution is 2.25. The van der Waals surface area contributed by atoms with Crippen molar-refractivity contribution in [3.8, 4) is 11.5 Å². The van der Waals surface area contributed by atoms with E-state index in [1.165, 1.54) is 24.6 Å². The van der Waals surface area contributed by atoms with Crippen LogP contribution in [0.25, 0.3) is 0 Å². The highest BCUT2D eigenvalue weighted by atomic mass is 16.3. The second-order valence-corrected chi connectivity index (χ2v) is 5.08. The molecule has 0 saturated heterocycles. The Hall–Kier alpha value is -1.71. The summed E-state index contributed by atoms with van der Waals surface area (Å²) in [5.74, 6) is 0.0437. The molecule has 18 heavy (non-hydrogen) atoms. The molecule has 1 aliphatic rings. The number of aromatic hydroxyl groups is 2. The molecule has 0 aromatic heterocycles. The molecule has 0 aliphatic heterocycles. The number of benzene rings is 1. The van der Waals surface area contributed by atoms with Gasteiger partial charge in [0.2, 0.25) is 0 Å². The summed E-state index contributed by atoms with van der Waals surface area (Å²) in [6, 6.07) is 4.13. The van der Waals surface area contributed by atoms with Crippen LogP contribution in [0.3, 0.4) is 0 Å². The van der Waals surface area contributed by atoms with E-state index < -0.39 is 0 Å². The van der Waals surface area contributed by atoms with Crippen molar-refractivity contribution in [3.05, 3.63) is 23.8 Å². The summed E-state index contributed by atoms with van der Waals surface area (Å²) in [6.45, 7) is 2.14. The molecule has 0 heterocycles. The molecule has 1 aliphatic carbocycles. The van der Waals surface area contributed by atoms with Crippen LogP contribution in [0.2, 0.25) is 0 Å². The Morgan fingerprint density at radius 1 is 1.17 bits per heavy atom. The summed E-state index contributed by atoms with van der Waals surface area (Å²) in [5.41, 5.74) is 0.297. The molecular formula is C14H19NO3. The van der Waals surface area contributed by atoms with Crippen LogP contribution in [0.5, 0.6) is 11.5 Å². The predicted molar refractivity (Wildman–Crippen MR) is 68.7 cm³/mol. The molecule has 2 atom stereocenters. The van der Waals surface area contributed by atoms with E-state index in [9.17, 15) is 15.0 Å². The fraction of sp³-hybridized carbons (Fsp3) is 0.500. The van der Waals surface area contributed by atoms with E-state index in [1.54, 1.807) is 0 Å². The SMILES string of the molecule is CC1CCCCC1NC(=O)c1cc(O)cc(O)c1. The number of hydrogen-bond donors (Lipinski definition) is 3. The predicted octanol–water partition coefficient (Wildman–Crippen LogP) is 2.41. The Kier molecular flexibility index (Phi) is 3.75. The lowest BCUT2D eigenvalue weighted by Gasteiger charge is -2.29. The highest BCUT2D eigenvalue weighted by Gasteiger charge is 2.23. The number of carbonyl (C=O) groups excluding carboxylic acids is 1. The maximum Gasteiger partial charge on any atom is 0.251 e. The van der Waals surface area contributed by atoms with Crippen LogP contribution in [0.4, 0.5) is 0 Å². The van der Waals surface area contributed by atoms with Crippen molar-refractivity contribution >= 4 is 5.91 Å². The van der Waals surface area contributed by atoms with E-state index in [0.717, 1.165) is 19.3 Å². The third-order valence-corrected chi connectivity index (χ3v) is 3.59. The van der Waals surface area contributed by atoms with Gasteiger partial charge in [0.05, 0.1) is 0 Å². The lowest BCUT2D eigenvalue weighted by Crippen LogP contribution is -2.41. The minimum absolute atomic E-state index is 0.100. The summed E-state index contributed by atoms with van der Waals surface area (Å²) in [5, 5.41) is 21.7. The van der Waals surface area contributed by atoms with Crippen molar-refractivity contribution in [1.82, 2.24) is 5.32 Å². The fourth-order valence-corrected chi connectivity index (χ4v) is 2.51. The number of hydrogen-bond acceptors (Lipinski definition) is 3. The third-order valence-electron chi connectivity index (χ3n) is 3.59. The van der Waals surface area contributed by atoms with E-state index in [0.29, 0.717) is 11.5 Å². The first-order valence-electron chi connectivity index (χ1n) is 6.40. The zero-order chi connectivity index (χ0) is 13.1. The standard InChI is InChI=1S/C14H19NO3/c1-9-4-2-3-5-13(9)15-14(18)10-6-11(16)8-12(17)7-10/h6-9,13,16-17H,2-5H2,1H3,(H,15,18). The van der Waals surface area contributed by atoms with E-state index in [-0.39, 0.29) is 23.4 Å². The first kappa shape index (κ1) is 12.7. The largest absolute Gasteiger partial charge is 0.508 e. The van der Waals surface area contributed by atoms with E-state index in [2.05, 4.69) is 12.2 Å². The molecule has 1 saturated carbocycles. The molecule has 1 fully saturated rings. The molecule has 2 unspecified atom stereocenters. The minimum atomic E-state index is -0.236. The maximum absolute atomic E-state index is 12.0. The smallest absolute Gasteiger partial charge is 0.251 e. The molecule has 2 rings (SSSR count). The molecule has 4 heteroatoms. The molecular weight excluding hydrogens is 230 g/mol. The third kappa shape index (κ3) is 2.94. The molecule has 3 N–H and O–H groups in total. The quantitative estimate of drug-likeness (QED) is 0.753. The van der Waals surface area contributed by atoms with Crippen LogP contribution in [-0.4, -0.2) is 22.2 Å². The first-order valence-corrected chi connectivity index (χ1v) is 6.40. The Morgan fingerprint density at radius 3 is 2.39 bits per heavy atom. The molecule has 1 aromatic rings. The van der Waals surface area contributed by atoms with Crippen LogP contribution in [0.15, 0.2) is 18.2 Å². The van der Waals surface area contributed by atoms with Gasteiger partial charge in [0, 0.05) is 17.7 Å². The van der Waals surface area contributed by atoms with Gasteiger partial charge >= 0.3 is 0 Å². The Morgan fingerprint density at radius 2 is 1.78 bits per heavy atom. The van der Waals surface area contributed by atoms with Crippen molar-refractivity contribution in [2.24, 2.45) is 5.92 Å². The summed E-state index contributed by atoms with van der Waals surface area (Å²) in [4.78, 5) is 12.0. The van der Waals surface area contributed by atoms with Crippen LogP contribution in [-0.2, 0) is 0 Å². The number of carbonyl (C=O) groups is 1. The lowest BCUT2D eigenvalue weighted by molar-refractivity contribution is 0.0909. The lowest BCUT2D eigenvalue weighted by atomic mass is 9.86. The highest BCUT2D eigenvalue weighted by molar-refractivity contribution is 5.95. The number of phenolic OH excluding ortho intramolecular Hbond substituents is 2. The van der Waals surface area contributed by atoms with E-state index in [1.807, 2.05) is 0 Å². The number of phenols is 2. The Bertz CT molecular complexity index is 424. The van der Waals surface area contributed by atoms with Gasteiger partial charge in [0.1, 0.15) is 11.5 Å². The summed E-state index contributed by atoms with van der Waals surface area (Å²) >= 11 is 0. The van der Waals surface area contributed by atoms with Crippen molar-refractivity contribution in [3.63, 3.8) is 0 Å². The van der Waals surface area contributed by atoms with Gasteiger partial charge in [-0.25, -0.2) is 0 Å². The molecule has 0 bridgehead atoms. The fourth-order valence-electron chi connectivity index (χ4n) is 2.51. The molecule has 1 amide bonds. The van der Waals surface area contributed by atoms with Crippen molar-refractivity contribution in [2.75, 3.05) is 0 Å². The van der Waals surface area contributed by atoms with Crippen molar-refractivity contribution in [1.29, 1.82) is 0 Å². The van der Waals surface area contributed by atoms with Crippen molar-refractivity contribution in [2.45, 2.75) is 38.6 Å². The topological polar surface area (TPSA) is 69.6 Å². The van der Waals surface area contributed by atoms with E-state index >= 15 is 0 Å². The van der Waals surface area contributed by atoms with Gasteiger partial charge in [-0.1, -0.05) is 19.8 Å². The van der Waals surface area contributed by atoms with Gasteiger partial charge in [-0.2, -0.15) is 0 Å². The van der Waals surface area contributed by atoms with Gasteiger partial charge < -0.3 is 15.5 Å². The zero-order valence-electron chi connectivity index (χ0n) is 10.5. The van der Waals surface area contributed by atoms with Gasteiger partial charge in [0.25, 0.3) is 5.91 Å². The monoisotopic (exact) mass is 249 g/mol. The molecule has 0 radical (unpaired) electrons. The summed E-state index contributed by atoms with van der Waals surface area (Å²) in [7, 11) is 0. The van der Waals surface area contributed by atoms with Crippen LogP contribution < -0.4 is 5.32 Å². The van der Waals surface area contributed by atoms with Gasteiger partial charge in [-0.15, -0.1) is 0 Å². The number of nitrogens with one attached hydrogen (secondary N) is 1. The average Bonchev–Trinajstić information content (AvgIpc) is 2.31. The van der Waals surface area contributed by atoms with Gasteiger partial charge in [-0.3, -0.25) is 4.79 Å². The molecule has 98 valence electrons. The van der Waals surface area contributed by atoms with Crippen LogP contribution >= 0.6 is 0 Å².